The molecule has 0 aliphatic heterocycles. The van der Waals surface area contributed by atoms with Crippen LogP contribution in [0, 0.1) is 0 Å². The number of halogens is 9. The van der Waals surface area contributed by atoms with E-state index >= 15 is 0 Å². The SMILES string of the molecule is CC(C)(C)Nc1nc(Nc2ccc(C(F)(F)F)cc2C(F)(F)F)cc(-c2cccc(OC(F)(F)F)c2)n1. The van der Waals surface area contributed by atoms with Crippen molar-refractivity contribution in [2.75, 3.05) is 10.6 Å². The lowest BCUT2D eigenvalue weighted by Gasteiger charge is -2.22. The van der Waals surface area contributed by atoms with Gasteiger partial charge in [-0.2, -0.15) is 31.3 Å². The van der Waals surface area contributed by atoms with E-state index in [1.165, 1.54) is 12.1 Å². The van der Waals surface area contributed by atoms with Crippen LogP contribution in [0.5, 0.6) is 5.75 Å². The Morgan fingerprint density at radius 1 is 0.757 bits per heavy atom. The Labute approximate surface area is 204 Å². The third-order valence-corrected chi connectivity index (χ3v) is 4.49. The van der Waals surface area contributed by atoms with Gasteiger partial charge >= 0.3 is 18.7 Å². The smallest absolute Gasteiger partial charge is 0.406 e. The molecule has 0 spiro atoms. The maximum Gasteiger partial charge on any atom is 0.573 e. The van der Waals surface area contributed by atoms with Crippen LogP contribution in [-0.4, -0.2) is 21.9 Å². The van der Waals surface area contributed by atoms with Crippen LogP contribution in [0.1, 0.15) is 31.9 Å². The van der Waals surface area contributed by atoms with Crippen molar-refractivity contribution in [3.05, 3.63) is 59.7 Å². The summed E-state index contributed by atoms with van der Waals surface area (Å²) in [5.74, 6) is -0.926. The molecular formula is C23H19F9N4O. The number of alkyl halides is 9. The van der Waals surface area contributed by atoms with Crippen molar-refractivity contribution in [1.29, 1.82) is 0 Å². The Bertz CT molecular complexity index is 1260. The van der Waals surface area contributed by atoms with Gasteiger partial charge in [0.25, 0.3) is 0 Å². The molecule has 0 saturated heterocycles. The first-order chi connectivity index (χ1) is 16.8. The van der Waals surface area contributed by atoms with Gasteiger partial charge in [-0.1, -0.05) is 12.1 Å². The third kappa shape index (κ3) is 7.89. The highest BCUT2D eigenvalue weighted by Gasteiger charge is 2.38. The van der Waals surface area contributed by atoms with E-state index in [0.717, 1.165) is 18.2 Å². The Morgan fingerprint density at radius 3 is 2.00 bits per heavy atom. The molecule has 0 bridgehead atoms. The number of benzene rings is 2. The van der Waals surface area contributed by atoms with E-state index in [0.29, 0.717) is 12.1 Å². The van der Waals surface area contributed by atoms with E-state index in [4.69, 9.17) is 0 Å². The molecule has 0 radical (unpaired) electrons. The summed E-state index contributed by atoms with van der Waals surface area (Å²) in [6.07, 6.45) is -15.1. The quantitative estimate of drug-likeness (QED) is 0.322. The number of nitrogens with zero attached hydrogens (tertiary/aromatic N) is 2. The molecule has 0 unspecified atom stereocenters. The summed E-state index contributed by atoms with van der Waals surface area (Å²) in [5, 5.41) is 5.26. The highest BCUT2D eigenvalue weighted by Crippen LogP contribution is 2.40. The number of rotatable bonds is 5. The highest BCUT2D eigenvalue weighted by atomic mass is 19.4. The van der Waals surface area contributed by atoms with E-state index < -0.39 is 46.8 Å². The maximum atomic E-state index is 13.6. The average molecular weight is 538 g/mol. The molecule has 14 heteroatoms. The molecule has 1 aromatic heterocycles. The van der Waals surface area contributed by atoms with Gasteiger partial charge in [0.05, 0.1) is 22.5 Å². The van der Waals surface area contributed by atoms with Crippen molar-refractivity contribution < 1.29 is 44.3 Å². The molecule has 37 heavy (non-hydrogen) atoms. The molecule has 0 saturated carbocycles. The summed E-state index contributed by atoms with van der Waals surface area (Å²) in [7, 11) is 0. The molecule has 2 aromatic carbocycles. The second kappa shape index (κ2) is 9.63. The minimum Gasteiger partial charge on any atom is -0.406 e. The lowest BCUT2D eigenvalue weighted by molar-refractivity contribution is -0.274. The van der Waals surface area contributed by atoms with Crippen LogP contribution in [-0.2, 0) is 12.4 Å². The topological polar surface area (TPSA) is 59.1 Å². The Balaban J connectivity index is 2.10. The molecule has 0 fully saturated rings. The fourth-order valence-electron chi connectivity index (χ4n) is 3.11. The first kappa shape index (κ1) is 27.9. The number of hydrogen-bond acceptors (Lipinski definition) is 5. The average Bonchev–Trinajstić information content (AvgIpc) is 2.70. The van der Waals surface area contributed by atoms with Crippen LogP contribution < -0.4 is 15.4 Å². The van der Waals surface area contributed by atoms with Gasteiger partial charge in [-0.05, 0) is 51.1 Å². The molecule has 200 valence electrons. The zero-order valence-corrected chi connectivity index (χ0v) is 19.3. The van der Waals surface area contributed by atoms with Gasteiger partial charge in [0.2, 0.25) is 5.95 Å². The summed E-state index contributed by atoms with van der Waals surface area (Å²) in [6, 6.07) is 6.89. The van der Waals surface area contributed by atoms with Gasteiger partial charge in [0.15, 0.2) is 0 Å². The number of ether oxygens (including phenoxy) is 1. The number of hydrogen-bond donors (Lipinski definition) is 2. The van der Waals surface area contributed by atoms with E-state index in [-0.39, 0.29) is 29.1 Å². The molecule has 2 N–H and O–H groups in total. The van der Waals surface area contributed by atoms with Crippen molar-refractivity contribution in [3.63, 3.8) is 0 Å². The van der Waals surface area contributed by atoms with Crippen LogP contribution in [0.3, 0.4) is 0 Å². The van der Waals surface area contributed by atoms with Crippen molar-refractivity contribution >= 4 is 17.5 Å². The molecule has 1 heterocycles. The summed E-state index contributed by atoms with van der Waals surface area (Å²) in [5.41, 5.74) is -4.34. The summed E-state index contributed by atoms with van der Waals surface area (Å²) >= 11 is 0. The molecule has 3 rings (SSSR count). The van der Waals surface area contributed by atoms with Crippen LogP contribution in [0.15, 0.2) is 48.5 Å². The van der Waals surface area contributed by atoms with Crippen molar-refractivity contribution in [3.8, 4) is 17.0 Å². The zero-order chi connectivity index (χ0) is 27.8. The predicted molar refractivity (Wildman–Crippen MR) is 117 cm³/mol. The normalized spacial score (nSPS) is 12.9. The second-order valence-corrected chi connectivity index (χ2v) is 8.79. The van der Waals surface area contributed by atoms with Gasteiger partial charge in [-0.25, -0.2) is 4.98 Å². The monoisotopic (exact) mass is 538 g/mol. The van der Waals surface area contributed by atoms with Gasteiger partial charge in [-0.15, -0.1) is 13.2 Å². The van der Waals surface area contributed by atoms with E-state index in [2.05, 4.69) is 25.3 Å². The fraction of sp³-hybridized carbons (Fsp3) is 0.304. The van der Waals surface area contributed by atoms with Crippen molar-refractivity contribution in [2.45, 2.75) is 45.0 Å². The van der Waals surface area contributed by atoms with Crippen molar-refractivity contribution in [1.82, 2.24) is 9.97 Å². The van der Waals surface area contributed by atoms with Crippen LogP contribution in [0.2, 0.25) is 0 Å². The largest absolute Gasteiger partial charge is 0.573 e. The minimum absolute atomic E-state index is 0.00246. The van der Waals surface area contributed by atoms with E-state index in [1.807, 2.05) is 0 Å². The number of nitrogens with one attached hydrogen (secondary N) is 2. The third-order valence-electron chi connectivity index (χ3n) is 4.49. The Kier molecular flexibility index (Phi) is 7.26. The fourth-order valence-corrected chi connectivity index (χ4v) is 3.11. The zero-order valence-electron chi connectivity index (χ0n) is 19.3. The van der Waals surface area contributed by atoms with Gasteiger partial charge in [0, 0.05) is 17.2 Å². The maximum absolute atomic E-state index is 13.6. The standard InChI is InChI=1S/C23H19F9N4O/c1-20(2,3)36-19-34-17(12-5-4-6-14(9-12)37-23(30,31)32)11-18(35-19)33-16-8-7-13(21(24,25)26)10-15(16)22(27,28)29/h4-11H,1-3H3,(H2,33,34,35,36). The second-order valence-electron chi connectivity index (χ2n) is 8.79. The Morgan fingerprint density at radius 2 is 1.43 bits per heavy atom. The van der Waals surface area contributed by atoms with Gasteiger partial charge < -0.3 is 15.4 Å². The predicted octanol–water partition coefficient (Wildman–Crippen LogP) is 8.03. The number of aromatic nitrogens is 2. The minimum atomic E-state index is -5.14. The number of anilines is 3. The van der Waals surface area contributed by atoms with Crippen LogP contribution in [0.4, 0.5) is 57.0 Å². The van der Waals surface area contributed by atoms with E-state index in [9.17, 15) is 39.5 Å². The van der Waals surface area contributed by atoms with Crippen LogP contribution >= 0.6 is 0 Å². The van der Waals surface area contributed by atoms with E-state index in [1.54, 1.807) is 20.8 Å². The highest BCUT2D eigenvalue weighted by molar-refractivity contribution is 5.70. The summed E-state index contributed by atoms with van der Waals surface area (Å²) < 4.78 is 122. The lowest BCUT2D eigenvalue weighted by Crippen LogP contribution is -2.27. The molecule has 0 aliphatic rings. The van der Waals surface area contributed by atoms with Crippen LogP contribution in [0.25, 0.3) is 11.3 Å². The summed E-state index contributed by atoms with van der Waals surface area (Å²) in [4.78, 5) is 8.30. The molecule has 0 atom stereocenters. The van der Waals surface area contributed by atoms with Gasteiger partial charge in [-0.3, -0.25) is 0 Å². The summed E-state index contributed by atoms with van der Waals surface area (Å²) in [6.45, 7) is 5.18. The first-order valence-corrected chi connectivity index (χ1v) is 10.4. The first-order valence-electron chi connectivity index (χ1n) is 10.4. The lowest BCUT2D eigenvalue weighted by atomic mass is 10.1. The van der Waals surface area contributed by atoms with Gasteiger partial charge in [0.1, 0.15) is 11.6 Å². The Hall–Kier alpha value is -3.71. The molecule has 3 aromatic rings. The molecular weight excluding hydrogens is 519 g/mol. The molecule has 0 amide bonds. The molecule has 0 aliphatic carbocycles. The van der Waals surface area contributed by atoms with Crippen molar-refractivity contribution in [2.24, 2.45) is 0 Å². The molecule has 5 nitrogen and oxygen atoms in total.